The average molecular weight is 278 g/mol. The maximum Gasteiger partial charge on any atom is 0.203 e. The van der Waals surface area contributed by atoms with Crippen molar-refractivity contribution in [2.75, 3.05) is 0 Å². The van der Waals surface area contributed by atoms with Crippen molar-refractivity contribution in [2.24, 2.45) is 0 Å². The quantitative estimate of drug-likeness (QED) is 0.495. The number of allylic oxidation sites excluding steroid dienone is 4. The maximum atomic E-state index is 12.2. The predicted molar refractivity (Wildman–Crippen MR) is 78.5 cm³/mol. The lowest BCUT2D eigenvalue weighted by atomic mass is 10.1. The number of thiophene rings is 1. The highest BCUT2D eigenvalue weighted by Gasteiger charge is 2.14. The summed E-state index contributed by atoms with van der Waals surface area (Å²) in [5.41, 5.74) is 1.54. The molecule has 0 saturated carbocycles. The maximum absolute atomic E-state index is 12.2. The molecule has 0 saturated heterocycles. The zero-order valence-corrected chi connectivity index (χ0v) is 11.5. The fourth-order valence-electron chi connectivity index (χ4n) is 1.70. The number of ketones is 1. The van der Waals surface area contributed by atoms with Gasteiger partial charge < -0.3 is 4.98 Å². The highest BCUT2D eigenvalue weighted by atomic mass is 35.5. The van der Waals surface area contributed by atoms with Crippen LogP contribution in [0.3, 0.4) is 0 Å². The lowest BCUT2D eigenvalue weighted by Crippen LogP contribution is -1.98. The summed E-state index contributed by atoms with van der Waals surface area (Å²) in [7, 11) is 0. The van der Waals surface area contributed by atoms with Crippen LogP contribution in [0.2, 0.25) is 0 Å². The Labute approximate surface area is 114 Å². The van der Waals surface area contributed by atoms with Gasteiger partial charge in [-0.05, 0) is 25.1 Å². The fourth-order valence-corrected chi connectivity index (χ4v) is 2.88. The van der Waals surface area contributed by atoms with Gasteiger partial charge in [-0.25, -0.2) is 0 Å². The second-order valence-corrected chi connectivity index (χ2v) is 5.46. The van der Waals surface area contributed by atoms with E-state index in [0.717, 1.165) is 15.9 Å². The third kappa shape index (κ3) is 2.47. The normalized spacial score (nSPS) is 11.8. The Morgan fingerprint density at radius 3 is 2.78 bits per heavy atom. The van der Waals surface area contributed by atoms with Crippen molar-refractivity contribution in [2.45, 2.75) is 6.92 Å². The van der Waals surface area contributed by atoms with Crippen molar-refractivity contribution in [1.82, 2.24) is 4.98 Å². The first-order valence-corrected chi connectivity index (χ1v) is 6.53. The Hall–Kier alpha value is -1.58. The van der Waals surface area contributed by atoms with E-state index in [-0.39, 0.29) is 5.78 Å². The zero-order chi connectivity index (χ0) is 13.3. The Morgan fingerprint density at radius 1 is 1.50 bits per heavy atom. The monoisotopic (exact) mass is 277 g/mol. The zero-order valence-electron chi connectivity index (χ0n) is 9.92. The number of carbonyl (C=O) groups is 1. The summed E-state index contributed by atoms with van der Waals surface area (Å²) < 4.78 is 0. The van der Waals surface area contributed by atoms with E-state index in [1.165, 1.54) is 23.5 Å². The van der Waals surface area contributed by atoms with E-state index in [4.69, 9.17) is 11.6 Å². The van der Waals surface area contributed by atoms with Gasteiger partial charge in [0, 0.05) is 21.7 Å². The molecule has 0 radical (unpaired) electrons. The number of halogens is 1. The second kappa shape index (κ2) is 4.96. The summed E-state index contributed by atoms with van der Waals surface area (Å²) in [5.74, 6) is -0.0842. The molecule has 0 spiro atoms. The minimum absolute atomic E-state index is 0.0842. The van der Waals surface area contributed by atoms with Crippen LogP contribution in [-0.4, -0.2) is 10.8 Å². The van der Waals surface area contributed by atoms with Crippen LogP contribution in [0.15, 0.2) is 48.0 Å². The number of fused-ring (bicyclic) bond motifs is 1. The summed E-state index contributed by atoms with van der Waals surface area (Å²) in [6, 6.07) is 3.89. The topological polar surface area (TPSA) is 32.9 Å². The lowest BCUT2D eigenvalue weighted by Gasteiger charge is -1.97. The van der Waals surface area contributed by atoms with E-state index >= 15 is 0 Å². The molecule has 0 aliphatic rings. The summed E-state index contributed by atoms with van der Waals surface area (Å²) in [6.07, 6.45) is 3.02. The van der Waals surface area contributed by atoms with E-state index < -0.39 is 0 Å². The van der Waals surface area contributed by atoms with Crippen LogP contribution < -0.4 is 0 Å². The number of nitrogens with one attached hydrogen (secondary N) is 1. The summed E-state index contributed by atoms with van der Waals surface area (Å²) >= 11 is 7.12. The van der Waals surface area contributed by atoms with Gasteiger partial charge in [-0.1, -0.05) is 30.8 Å². The SMILES string of the molecule is C=C/C(=C\C(=C)Cl)C(=O)c1cc2cc(C)[nH]c2s1. The average Bonchev–Trinajstić information content (AvgIpc) is 2.81. The highest BCUT2D eigenvalue weighted by Crippen LogP contribution is 2.28. The molecule has 0 aromatic carbocycles. The molecule has 4 heteroatoms. The Balaban J connectivity index is 2.41. The summed E-state index contributed by atoms with van der Waals surface area (Å²) in [6.45, 7) is 9.16. The molecule has 2 nitrogen and oxygen atoms in total. The molecular weight excluding hydrogens is 266 g/mol. The van der Waals surface area contributed by atoms with Gasteiger partial charge in [0.15, 0.2) is 0 Å². The second-order valence-electron chi connectivity index (χ2n) is 3.93. The van der Waals surface area contributed by atoms with Crippen LogP contribution in [0, 0.1) is 6.92 Å². The first-order valence-electron chi connectivity index (χ1n) is 5.33. The smallest absolute Gasteiger partial charge is 0.203 e. The van der Waals surface area contributed by atoms with E-state index in [9.17, 15) is 4.79 Å². The van der Waals surface area contributed by atoms with Gasteiger partial charge in [-0.15, -0.1) is 11.3 Å². The first-order chi connectivity index (χ1) is 8.51. The number of hydrogen-bond donors (Lipinski definition) is 1. The number of carbonyl (C=O) groups excluding carboxylic acids is 1. The van der Waals surface area contributed by atoms with Crippen LogP contribution in [0.4, 0.5) is 0 Å². The van der Waals surface area contributed by atoms with E-state index in [1.54, 1.807) is 0 Å². The lowest BCUT2D eigenvalue weighted by molar-refractivity contribution is 0.104. The first kappa shape index (κ1) is 12.9. The van der Waals surface area contributed by atoms with Crippen LogP contribution in [0.5, 0.6) is 0 Å². The molecule has 0 amide bonds. The third-order valence-corrected chi connectivity index (χ3v) is 3.64. The highest BCUT2D eigenvalue weighted by molar-refractivity contribution is 7.20. The molecule has 0 aliphatic heterocycles. The van der Waals surface area contributed by atoms with Crippen molar-refractivity contribution in [1.29, 1.82) is 0 Å². The molecular formula is C14H12ClNOS. The number of H-pyrrole nitrogens is 1. The molecule has 2 aromatic heterocycles. The number of aromatic nitrogens is 1. The van der Waals surface area contributed by atoms with Gasteiger partial charge in [0.05, 0.1) is 4.88 Å². The fraction of sp³-hybridized carbons (Fsp3) is 0.0714. The molecule has 0 atom stereocenters. The number of Topliss-reactive ketones (excluding diaryl/α,β-unsaturated/α-hetero) is 1. The summed E-state index contributed by atoms with van der Waals surface area (Å²) in [4.78, 5) is 17.1. The Morgan fingerprint density at radius 2 is 2.22 bits per heavy atom. The number of rotatable bonds is 4. The van der Waals surface area contributed by atoms with E-state index in [2.05, 4.69) is 18.1 Å². The van der Waals surface area contributed by atoms with Crippen LogP contribution in [-0.2, 0) is 0 Å². The van der Waals surface area contributed by atoms with Gasteiger partial charge in [0.2, 0.25) is 5.78 Å². The van der Waals surface area contributed by atoms with E-state index in [1.807, 2.05) is 19.1 Å². The molecule has 18 heavy (non-hydrogen) atoms. The largest absolute Gasteiger partial charge is 0.350 e. The summed E-state index contributed by atoms with van der Waals surface area (Å²) in [5, 5.41) is 1.37. The van der Waals surface area contributed by atoms with Gasteiger partial charge in [0.25, 0.3) is 0 Å². The molecule has 2 aromatic rings. The molecule has 2 heterocycles. The molecule has 2 rings (SSSR count). The Kier molecular flexibility index (Phi) is 3.55. The Bertz CT molecular complexity index is 644. The number of hydrogen-bond acceptors (Lipinski definition) is 2. The minimum atomic E-state index is -0.0842. The van der Waals surface area contributed by atoms with Gasteiger partial charge in [0.1, 0.15) is 4.83 Å². The molecule has 0 bridgehead atoms. The number of aryl methyl sites for hydroxylation is 1. The molecule has 0 unspecified atom stereocenters. The van der Waals surface area contributed by atoms with Crippen molar-refractivity contribution in [3.63, 3.8) is 0 Å². The molecule has 0 fully saturated rings. The van der Waals surface area contributed by atoms with Gasteiger partial charge >= 0.3 is 0 Å². The van der Waals surface area contributed by atoms with Crippen molar-refractivity contribution in [3.05, 3.63) is 58.6 Å². The van der Waals surface area contributed by atoms with Crippen molar-refractivity contribution < 1.29 is 4.79 Å². The third-order valence-electron chi connectivity index (χ3n) is 2.46. The predicted octanol–water partition coefficient (Wildman–Crippen LogP) is 4.59. The van der Waals surface area contributed by atoms with Crippen LogP contribution in [0.25, 0.3) is 10.2 Å². The number of aromatic amines is 1. The standard InChI is InChI=1S/C14H12ClNOS/c1-4-10(5-8(2)15)13(17)12-7-11-6-9(3)16-14(11)18-12/h4-7,16H,1-2H2,3H3/b10-5+. The molecule has 1 N–H and O–H groups in total. The van der Waals surface area contributed by atoms with E-state index in [0.29, 0.717) is 15.5 Å². The van der Waals surface area contributed by atoms with Crippen molar-refractivity contribution in [3.8, 4) is 0 Å². The van der Waals surface area contributed by atoms with Gasteiger partial charge in [-0.2, -0.15) is 0 Å². The molecule has 92 valence electrons. The minimum Gasteiger partial charge on any atom is -0.350 e. The van der Waals surface area contributed by atoms with Gasteiger partial charge in [-0.3, -0.25) is 4.79 Å². The van der Waals surface area contributed by atoms with Crippen LogP contribution in [0.1, 0.15) is 15.4 Å². The van der Waals surface area contributed by atoms with Crippen LogP contribution >= 0.6 is 22.9 Å². The van der Waals surface area contributed by atoms with Crippen molar-refractivity contribution >= 4 is 38.9 Å². The molecule has 0 aliphatic carbocycles.